The Morgan fingerprint density at radius 2 is 1.62 bits per heavy atom. The van der Waals surface area contributed by atoms with Gasteiger partial charge < -0.3 is 19.8 Å². The lowest BCUT2D eigenvalue weighted by atomic mass is 10.2. The molecule has 0 aliphatic heterocycles. The summed E-state index contributed by atoms with van der Waals surface area (Å²) in [6, 6.07) is 8.93. The smallest absolute Gasteiger partial charge is 0.408 e. The zero-order valence-electron chi connectivity index (χ0n) is 19.2. The fourth-order valence-corrected chi connectivity index (χ4v) is 3.34. The minimum atomic E-state index is -1.93. The number of nitrogens with one attached hydrogen (secondary N) is 2. The van der Waals surface area contributed by atoms with Crippen molar-refractivity contribution < 1.29 is 18.8 Å². The van der Waals surface area contributed by atoms with Crippen LogP contribution in [0, 0.1) is 0 Å². The first kappa shape index (κ1) is 25.2. The molecule has 0 spiro atoms. The van der Waals surface area contributed by atoms with E-state index in [-0.39, 0.29) is 10.9 Å². The fourth-order valence-electron chi connectivity index (χ4n) is 2.28. The third-order valence-electron chi connectivity index (χ3n) is 4.99. The van der Waals surface area contributed by atoms with Crippen LogP contribution in [0.2, 0.25) is 18.1 Å². The van der Waals surface area contributed by atoms with Gasteiger partial charge in [0, 0.05) is 13.2 Å². The molecule has 1 atom stereocenters. The standard InChI is InChI=1S/C22H38N2O4Si/c1-21(2,3)28-20(26)24-18(14-15-27-29(7,8)22(4,5)6)19(25)23-16-17-12-10-9-11-13-17/h9-13,18H,14-16H2,1-8H3,(H,23,25)(H,24,26)/t18-/m0/s1. The van der Waals surface area contributed by atoms with E-state index in [9.17, 15) is 9.59 Å². The number of carbonyl (C=O) groups excluding carboxylic acids is 2. The molecule has 0 aliphatic rings. The summed E-state index contributed by atoms with van der Waals surface area (Å²) < 4.78 is 11.5. The Morgan fingerprint density at radius 3 is 2.14 bits per heavy atom. The van der Waals surface area contributed by atoms with E-state index >= 15 is 0 Å². The average molecular weight is 423 g/mol. The van der Waals surface area contributed by atoms with E-state index in [0.29, 0.717) is 19.6 Å². The number of rotatable bonds is 8. The van der Waals surface area contributed by atoms with Gasteiger partial charge in [-0.15, -0.1) is 0 Å². The summed E-state index contributed by atoms with van der Waals surface area (Å²) in [6.45, 7) is 17.0. The van der Waals surface area contributed by atoms with E-state index in [1.54, 1.807) is 20.8 Å². The quantitative estimate of drug-likeness (QED) is 0.600. The molecule has 0 aromatic heterocycles. The van der Waals surface area contributed by atoms with E-state index in [0.717, 1.165) is 5.56 Å². The van der Waals surface area contributed by atoms with Crippen LogP contribution in [-0.2, 0) is 20.5 Å². The van der Waals surface area contributed by atoms with Gasteiger partial charge in [0.25, 0.3) is 0 Å². The predicted octanol–water partition coefficient (Wildman–Crippen LogP) is 4.61. The number of hydrogen-bond acceptors (Lipinski definition) is 4. The normalized spacial score (nSPS) is 13.5. The first-order chi connectivity index (χ1) is 13.2. The molecule has 1 rings (SSSR count). The monoisotopic (exact) mass is 422 g/mol. The van der Waals surface area contributed by atoms with Crippen LogP contribution in [0.3, 0.4) is 0 Å². The van der Waals surface area contributed by atoms with Crippen molar-refractivity contribution in [1.29, 1.82) is 0 Å². The topological polar surface area (TPSA) is 76.7 Å². The van der Waals surface area contributed by atoms with Gasteiger partial charge in [-0.3, -0.25) is 4.79 Å². The fraction of sp³-hybridized carbons (Fsp3) is 0.636. The summed E-state index contributed by atoms with van der Waals surface area (Å²) >= 11 is 0. The van der Waals surface area contributed by atoms with Crippen molar-refractivity contribution in [3.8, 4) is 0 Å². The Balaban J connectivity index is 2.74. The van der Waals surface area contributed by atoms with Gasteiger partial charge in [-0.1, -0.05) is 51.1 Å². The molecular formula is C22H38N2O4Si. The molecule has 1 aromatic carbocycles. The van der Waals surface area contributed by atoms with E-state index < -0.39 is 26.1 Å². The second-order valence-corrected chi connectivity index (χ2v) is 14.6. The summed E-state index contributed by atoms with van der Waals surface area (Å²) in [5, 5.41) is 5.67. The van der Waals surface area contributed by atoms with Crippen molar-refractivity contribution >= 4 is 20.3 Å². The molecule has 7 heteroatoms. The Hall–Kier alpha value is -1.86. The molecule has 0 unspecified atom stereocenters. The zero-order valence-corrected chi connectivity index (χ0v) is 20.2. The lowest BCUT2D eigenvalue weighted by molar-refractivity contribution is -0.123. The maximum Gasteiger partial charge on any atom is 0.408 e. The van der Waals surface area contributed by atoms with Gasteiger partial charge in [0.2, 0.25) is 5.91 Å². The highest BCUT2D eigenvalue weighted by molar-refractivity contribution is 6.74. The number of ether oxygens (including phenoxy) is 1. The highest BCUT2D eigenvalue weighted by atomic mass is 28.4. The predicted molar refractivity (Wildman–Crippen MR) is 119 cm³/mol. The van der Waals surface area contributed by atoms with Crippen LogP contribution in [0.15, 0.2) is 30.3 Å². The molecule has 2 N–H and O–H groups in total. The minimum absolute atomic E-state index is 0.0800. The van der Waals surface area contributed by atoms with Crippen LogP contribution in [0.1, 0.15) is 53.5 Å². The molecule has 0 saturated carbocycles. The highest BCUT2D eigenvalue weighted by Crippen LogP contribution is 2.36. The second-order valence-electron chi connectivity index (χ2n) is 9.80. The van der Waals surface area contributed by atoms with E-state index in [1.807, 2.05) is 30.3 Å². The number of hydrogen-bond donors (Lipinski definition) is 2. The van der Waals surface area contributed by atoms with Crippen molar-refractivity contribution in [1.82, 2.24) is 10.6 Å². The summed E-state index contributed by atoms with van der Waals surface area (Å²) in [4.78, 5) is 25.0. The van der Waals surface area contributed by atoms with Gasteiger partial charge >= 0.3 is 6.09 Å². The molecule has 0 saturated heterocycles. The molecule has 6 nitrogen and oxygen atoms in total. The molecule has 2 amide bonds. The molecule has 0 heterocycles. The molecule has 0 radical (unpaired) electrons. The molecule has 164 valence electrons. The Labute approximate surface area is 176 Å². The number of benzene rings is 1. The van der Waals surface area contributed by atoms with E-state index in [2.05, 4.69) is 44.5 Å². The first-order valence-corrected chi connectivity index (χ1v) is 13.1. The number of carbonyl (C=O) groups is 2. The van der Waals surface area contributed by atoms with Gasteiger partial charge in [-0.2, -0.15) is 0 Å². The summed E-state index contributed by atoms with van der Waals surface area (Å²) in [5.41, 5.74) is 0.363. The van der Waals surface area contributed by atoms with Crippen molar-refractivity contribution in [3.63, 3.8) is 0 Å². The Bertz CT molecular complexity index is 664. The summed E-state index contributed by atoms with van der Waals surface area (Å²) in [6.07, 6.45) is -0.225. The van der Waals surface area contributed by atoms with E-state index in [1.165, 1.54) is 0 Å². The maximum absolute atomic E-state index is 12.7. The summed E-state index contributed by atoms with van der Waals surface area (Å²) in [7, 11) is -1.93. The second kappa shape index (κ2) is 10.3. The highest BCUT2D eigenvalue weighted by Gasteiger charge is 2.37. The Morgan fingerprint density at radius 1 is 1.03 bits per heavy atom. The Kier molecular flexibility index (Phi) is 8.90. The average Bonchev–Trinajstić information content (AvgIpc) is 2.57. The van der Waals surface area contributed by atoms with Gasteiger partial charge in [0.05, 0.1) is 0 Å². The van der Waals surface area contributed by atoms with Crippen molar-refractivity contribution in [3.05, 3.63) is 35.9 Å². The van der Waals surface area contributed by atoms with Gasteiger partial charge in [-0.25, -0.2) is 4.79 Å². The third-order valence-corrected chi connectivity index (χ3v) is 9.53. The van der Waals surface area contributed by atoms with Crippen LogP contribution in [0.4, 0.5) is 4.79 Å². The number of amides is 2. The van der Waals surface area contributed by atoms with Gasteiger partial charge in [-0.05, 0) is 50.9 Å². The molecule has 0 fully saturated rings. The van der Waals surface area contributed by atoms with Crippen LogP contribution < -0.4 is 10.6 Å². The molecule has 1 aromatic rings. The zero-order chi connectivity index (χ0) is 22.3. The van der Waals surface area contributed by atoms with Crippen molar-refractivity contribution in [2.24, 2.45) is 0 Å². The van der Waals surface area contributed by atoms with Gasteiger partial charge in [0.1, 0.15) is 11.6 Å². The van der Waals surface area contributed by atoms with Gasteiger partial charge in [0.15, 0.2) is 8.32 Å². The van der Waals surface area contributed by atoms with Crippen molar-refractivity contribution in [2.45, 2.75) is 84.3 Å². The molecular weight excluding hydrogens is 384 g/mol. The summed E-state index contributed by atoms with van der Waals surface area (Å²) in [5.74, 6) is -0.251. The minimum Gasteiger partial charge on any atom is -0.444 e. The maximum atomic E-state index is 12.7. The first-order valence-electron chi connectivity index (χ1n) is 10.2. The molecule has 0 aliphatic carbocycles. The molecule has 29 heavy (non-hydrogen) atoms. The van der Waals surface area contributed by atoms with E-state index in [4.69, 9.17) is 9.16 Å². The third kappa shape index (κ3) is 9.45. The number of alkyl carbamates (subject to hydrolysis) is 1. The lowest BCUT2D eigenvalue weighted by Crippen LogP contribution is -2.49. The SMILES string of the molecule is CC(C)(C)OC(=O)N[C@@H](CCO[Si](C)(C)C(C)(C)C)C(=O)NCc1ccccc1. The van der Waals surface area contributed by atoms with Crippen LogP contribution >= 0.6 is 0 Å². The van der Waals surface area contributed by atoms with Crippen LogP contribution in [0.5, 0.6) is 0 Å². The van der Waals surface area contributed by atoms with Crippen LogP contribution in [-0.4, -0.2) is 38.6 Å². The van der Waals surface area contributed by atoms with Crippen molar-refractivity contribution in [2.75, 3.05) is 6.61 Å². The van der Waals surface area contributed by atoms with Crippen LogP contribution in [0.25, 0.3) is 0 Å². The molecule has 0 bridgehead atoms. The lowest BCUT2D eigenvalue weighted by Gasteiger charge is -2.36. The largest absolute Gasteiger partial charge is 0.444 e.